The van der Waals surface area contributed by atoms with Crippen molar-refractivity contribution >= 4 is 24.9 Å². The number of azide groups is 1. The molecule has 0 radical (unpaired) electrons. The number of benzene rings is 1. The van der Waals surface area contributed by atoms with Crippen LogP contribution in [0.15, 0.2) is 35.4 Å². The van der Waals surface area contributed by atoms with Crippen LogP contribution in [-0.4, -0.2) is 71.0 Å². The van der Waals surface area contributed by atoms with E-state index >= 15 is 0 Å². The summed E-state index contributed by atoms with van der Waals surface area (Å²) in [7, 11) is -1.78. The van der Waals surface area contributed by atoms with E-state index in [1.54, 1.807) is 0 Å². The van der Waals surface area contributed by atoms with E-state index in [1.807, 2.05) is 30.3 Å². The summed E-state index contributed by atoms with van der Waals surface area (Å²) in [5, 5.41) is 25.2. The third-order valence-electron chi connectivity index (χ3n) is 5.50. The van der Waals surface area contributed by atoms with Crippen LogP contribution < -0.4 is 5.32 Å². The number of amides is 2. The van der Waals surface area contributed by atoms with E-state index in [0.717, 1.165) is 5.56 Å². The molecule has 0 unspecified atom stereocenters. The quantitative estimate of drug-likeness (QED) is 0.106. The van der Waals surface area contributed by atoms with Crippen molar-refractivity contribution in [3.8, 4) is 0 Å². The van der Waals surface area contributed by atoms with Gasteiger partial charge in [-0.3, -0.25) is 14.4 Å². The highest BCUT2D eigenvalue weighted by Crippen LogP contribution is 2.22. The van der Waals surface area contributed by atoms with Crippen LogP contribution in [0.1, 0.15) is 44.6 Å². The van der Waals surface area contributed by atoms with Gasteiger partial charge in [-0.2, -0.15) is 0 Å². The van der Waals surface area contributed by atoms with Gasteiger partial charge in [-0.05, 0) is 30.4 Å². The molecule has 1 aliphatic rings. The normalized spacial score (nSPS) is 18.2. The standard InChI is InChI=1S/C21H30BN5O6/c1-15(28)27-14-17(33-20(29)11-10-16-7-3-2-4-8-16)13-18(27)21(30)25-19(22(31)32)9-5-6-12-24-26-23/h2-4,7-8,17-19,31-32H,5-6,9-14H2,1H3,(H,25,30)/t17-,18+,19+/m1/s1. The number of nitrogens with one attached hydrogen (secondary N) is 1. The predicted molar refractivity (Wildman–Crippen MR) is 120 cm³/mol. The van der Waals surface area contributed by atoms with E-state index in [-0.39, 0.29) is 38.3 Å². The number of hydrogen-bond donors (Lipinski definition) is 3. The Balaban J connectivity index is 1.89. The Labute approximate surface area is 192 Å². The predicted octanol–water partition coefficient (Wildman–Crippen LogP) is 1.13. The zero-order valence-electron chi connectivity index (χ0n) is 18.7. The van der Waals surface area contributed by atoms with Crippen molar-refractivity contribution in [1.82, 2.24) is 10.2 Å². The molecule has 1 saturated heterocycles. The Morgan fingerprint density at radius 3 is 2.67 bits per heavy atom. The Kier molecular flexibility index (Phi) is 10.7. The minimum Gasteiger partial charge on any atom is -0.460 e. The summed E-state index contributed by atoms with van der Waals surface area (Å²) in [4.78, 5) is 41.1. The number of hydrogen-bond acceptors (Lipinski definition) is 7. The van der Waals surface area contributed by atoms with Gasteiger partial charge in [-0.25, -0.2) is 0 Å². The zero-order valence-corrected chi connectivity index (χ0v) is 18.7. The van der Waals surface area contributed by atoms with Crippen LogP contribution in [0.4, 0.5) is 0 Å². The average molecular weight is 459 g/mol. The van der Waals surface area contributed by atoms with Gasteiger partial charge in [0.25, 0.3) is 0 Å². The van der Waals surface area contributed by atoms with Gasteiger partial charge in [-0.1, -0.05) is 41.9 Å². The van der Waals surface area contributed by atoms with Crippen LogP contribution in [-0.2, 0) is 25.5 Å². The number of ether oxygens (including phenoxy) is 1. The SMILES string of the molecule is CC(=O)N1C[C@H](OC(=O)CCc2ccccc2)C[C@H]1C(=O)N[C@@H](CCCCN=[N+]=[N-])B(O)O. The maximum absolute atomic E-state index is 12.8. The minimum absolute atomic E-state index is 0.100. The Bertz CT molecular complexity index is 849. The summed E-state index contributed by atoms with van der Waals surface area (Å²) in [6, 6.07) is 8.64. The minimum atomic E-state index is -1.78. The molecule has 0 aromatic heterocycles. The third kappa shape index (κ3) is 8.76. The number of aryl methyl sites for hydroxylation is 1. The number of carbonyl (C=O) groups is 3. The van der Waals surface area contributed by atoms with Gasteiger partial charge in [0.2, 0.25) is 11.8 Å². The number of esters is 1. The molecule has 1 fully saturated rings. The molecule has 3 N–H and O–H groups in total. The van der Waals surface area contributed by atoms with Crippen LogP contribution in [0.25, 0.3) is 10.4 Å². The first kappa shape index (κ1) is 26.2. The van der Waals surface area contributed by atoms with Crippen LogP contribution in [0.2, 0.25) is 0 Å². The fraction of sp³-hybridized carbons (Fsp3) is 0.571. The highest BCUT2D eigenvalue weighted by molar-refractivity contribution is 6.43. The lowest BCUT2D eigenvalue weighted by Gasteiger charge is -2.25. The summed E-state index contributed by atoms with van der Waals surface area (Å²) in [5.74, 6) is -2.23. The van der Waals surface area contributed by atoms with Gasteiger partial charge in [0, 0.05) is 31.2 Å². The average Bonchev–Trinajstić information content (AvgIpc) is 3.21. The summed E-state index contributed by atoms with van der Waals surface area (Å²) >= 11 is 0. The van der Waals surface area contributed by atoms with Crippen molar-refractivity contribution in [2.75, 3.05) is 13.1 Å². The lowest BCUT2D eigenvalue weighted by molar-refractivity contribution is -0.149. The van der Waals surface area contributed by atoms with Gasteiger partial charge >= 0.3 is 13.1 Å². The lowest BCUT2D eigenvalue weighted by Crippen LogP contribution is -2.53. The van der Waals surface area contributed by atoms with E-state index in [2.05, 4.69) is 15.3 Å². The fourth-order valence-corrected chi connectivity index (χ4v) is 3.78. The van der Waals surface area contributed by atoms with Crippen molar-refractivity contribution in [3.05, 3.63) is 46.3 Å². The molecule has 0 saturated carbocycles. The molecule has 12 heteroatoms. The molecule has 2 amide bonds. The molecule has 11 nitrogen and oxygen atoms in total. The second-order valence-electron chi connectivity index (χ2n) is 8.00. The third-order valence-corrected chi connectivity index (χ3v) is 5.50. The summed E-state index contributed by atoms with van der Waals surface area (Å²) in [6.07, 6.45) is 1.53. The summed E-state index contributed by atoms with van der Waals surface area (Å²) in [6.45, 7) is 1.70. The van der Waals surface area contributed by atoms with Crippen molar-refractivity contribution < 1.29 is 29.2 Å². The Morgan fingerprint density at radius 2 is 2.03 bits per heavy atom. The first-order valence-electron chi connectivity index (χ1n) is 11.0. The molecule has 0 spiro atoms. The maximum Gasteiger partial charge on any atom is 0.475 e. The Morgan fingerprint density at radius 1 is 1.30 bits per heavy atom. The molecular formula is C21H30BN5O6. The molecule has 33 heavy (non-hydrogen) atoms. The van der Waals surface area contributed by atoms with Crippen LogP contribution >= 0.6 is 0 Å². The molecule has 2 rings (SSSR count). The van der Waals surface area contributed by atoms with Crippen molar-refractivity contribution in [2.45, 2.75) is 63.5 Å². The second-order valence-corrected chi connectivity index (χ2v) is 8.00. The highest BCUT2D eigenvalue weighted by Gasteiger charge is 2.41. The monoisotopic (exact) mass is 459 g/mol. The molecular weight excluding hydrogens is 429 g/mol. The van der Waals surface area contributed by atoms with Crippen molar-refractivity contribution in [2.24, 2.45) is 5.11 Å². The number of carbonyl (C=O) groups excluding carboxylic acids is 3. The molecule has 1 aromatic rings. The molecule has 3 atom stereocenters. The van der Waals surface area contributed by atoms with E-state index in [4.69, 9.17) is 10.3 Å². The fourth-order valence-electron chi connectivity index (χ4n) is 3.78. The van der Waals surface area contributed by atoms with E-state index in [9.17, 15) is 24.4 Å². The smallest absolute Gasteiger partial charge is 0.460 e. The number of rotatable bonds is 12. The van der Waals surface area contributed by atoms with Crippen LogP contribution in [0.5, 0.6) is 0 Å². The molecule has 1 aliphatic heterocycles. The summed E-state index contributed by atoms with van der Waals surface area (Å²) < 4.78 is 5.50. The van der Waals surface area contributed by atoms with E-state index < -0.39 is 37.1 Å². The highest BCUT2D eigenvalue weighted by atomic mass is 16.5. The number of nitrogens with zero attached hydrogens (tertiary/aromatic N) is 4. The first-order chi connectivity index (χ1) is 15.8. The van der Waals surface area contributed by atoms with Gasteiger partial charge in [0.05, 0.1) is 12.5 Å². The molecule has 1 aromatic carbocycles. The molecule has 178 valence electrons. The first-order valence-corrected chi connectivity index (χ1v) is 11.0. The summed E-state index contributed by atoms with van der Waals surface area (Å²) in [5.41, 5.74) is 9.30. The van der Waals surface area contributed by atoms with Gasteiger partial charge in [-0.15, -0.1) is 0 Å². The largest absolute Gasteiger partial charge is 0.475 e. The Hall–Kier alpha value is -3.08. The zero-order chi connectivity index (χ0) is 24.2. The number of likely N-dealkylation sites (tertiary alicyclic amines) is 1. The van der Waals surface area contributed by atoms with Gasteiger partial charge < -0.3 is 25.0 Å². The topological polar surface area (TPSA) is 165 Å². The van der Waals surface area contributed by atoms with Gasteiger partial charge in [0.1, 0.15) is 12.1 Å². The molecule has 1 heterocycles. The van der Waals surface area contributed by atoms with Gasteiger partial charge in [0.15, 0.2) is 0 Å². The van der Waals surface area contributed by atoms with E-state index in [0.29, 0.717) is 19.3 Å². The number of unbranched alkanes of at least 4 members (excludes halogenated alkanes) is 1. The van der Waals surface area contributed by atoms with E-state index in [1.165, 1.54) is 11.8 Å². The van der Waals surface area contributed by atoms with Crippen LogP contribution in [0.3, 0.4) is 0 Å². The second kappa shape index (κ2) is 13.5. The molecule has 0 bridgehead atoms. The molecule has 0 aliphatic carbocycles. The maximum atomic E-state index is 12.8. The lowest BCUT2D eigenvalue weighted by atomic mass is 9.76. The van der Waals surface area contributed by atoms with Crippen molar-refractivity contribution in [1.29, 1.82) is 0 Å². The van der Waals surface area contributed by atoms with Crippen molar-refractivity contribution in [3.63, 3.8) is 0 Å². The van der Waals surface area contributed by atoms with Crippen LogP contribution in [0, 0.1) is 0 Å².